The highest BCUT2D eigenvalue weighted by molar-refractivity contribution is 9.10. The van der Waals surface area contributed by atoms with Gasteiger partial charge in [0.1, 0.15) is 11.1 Å². The summed E-state index contributed by atoms with van der Waals surface area (Å²) in [6.07, 6.45) is 0.744. The number of hydrogen-bond donors (Lipinski definition) is 1. The fourth-order valence-electron chi connectivity index (χ4n) is 2.62. The van der Waals surface area contributed by atoms with Crippen LogP contribution in [0.2, 0.25) is 0 Å². The topological polar surface area (TPSA) is 61.8 Å². The Kier molecular flexibility index (Phi) is 5.24. The molecule has 1 fully saturated rings. The largest absolute Gasteiger partial charge is 0.351 e. The van der Waals surface area contributed by atoms with Crippen LogP contribution in [-0.4, -0.2) is 44.5 Å². The van der Waals surface area contributed by atoms with Gasteiger partial charge in [-0.1, -0.05) is 39.8 Å². The summed E-state index contributed by atoms with van der Waals surface area (Å²) in [7, 11) is 0. The molecule has 128 valence electrons. The van der Waals surface area contributed by atoms with Crippen molar-refractivity contribution in [3.05, 3.63) is 35.6 Å². The normalized spacial score (nSPS) is 26.6. The smallest absolute Gasteiger partial charge is 0.242 e. The summed E-state index contributed by atoms with van der Waals surface area (Å²) < 4.78 is 12.9. The highest BCUT2D eigenvalue weighted by Gasteiger charge is 2.40. The van der Waals surface area contributed by atoms with E-state index in [-0.39, 0.29) is 33.8 Å². The summed E-state index contributed by atoms with van der Waals surface area (Å²) in [5.74, 6) is -0.429. The van der Waals surface area contributed by atoms with E-state index >= 15 is 0 Å². The van der Waals surface area contributed by atoms with E-state index in [0.29, 0.717) is 18.3 Å². The van der Waals surface area contributed by atoms with Gasteiger partial charge in [-0.3, -0.25) is 19.5 Å². The average Bonchev–Trinajstić information content (AvgIpc) is 3.10. The van der Waals surface area contributed by atoms with E-state index in [1.165, 1.54) is 23.9 Å². The number of amidine groups is 1. The van der Waals surface area contributed by atoms with Gasteiger partial charge in [-0.2, -0.15) is 0 Å². The first kappa shape index (κ1) is 17.4. The molecule has 3 atom stereocenters. The maximum atomic E-state index is 12.9. The second-order valence-corrected chi connectivity index (χ2v) is 8.00. The molecular weight excluding hydrogens is 397 g/mol. The molecule has 1 N–H and O–H groups in total. The Balaban J connectivity index is 1.57. The van der Waals surface area contributed by atoms with Crippen LogP contribution in [0.5, 0.6) is 0 Å². The molecule has 2 aliphatic heterocycles. The van der Waals surface area contributed by atoms with Gasteiger partial charge in [-0.15, -0.1) is 0 Å². The van der Waals surface area contributed by atoms with E-state index in [1.807, 2.05) is 6.92 Å². The van der Waals surface area contributed by atoms with Crippen LogP contribution < -0.4 is 5.32 Å². The average molecular weight is 414 g/mol. The van der Waals surface area contributed by atoms with Crippen molar-refractivity contribution in [3.8, 4) is 0 Å². The predicted octanol–water partition coefficient (Wildman–Crippen LogP) is 2.30. The van der Waals surface area contributed by atoms with Gasteiger partial charge in [0.2, 0.25) is 11.8 Å². The number of nitrogens with zero attached hydrogens (tertiary/aromatic N) is 2. The number of thioether (sulfide) groups is 1. The summed E-state index contributed by atoms with van der Waals surface area (Å²) in [5, 5.41) is 3.12. The molecule has 2 heterocycles. The van der Waals surface area contributed by atoms with Crippen molar-refractivity contribution in [1.29, 1.82) is 0 Å². The number of hydrogen-bond acceptors (Lipinski definition) is 4. The molecule has 5 nitrogen and oxygen atoms in total. The lowest BCUT2D eigenvalue weighted by Crippen LogP contribution is -2.37. The number of halogens is 2. The van der Waals surface area contributed by atoms with Gasteiger partial charge in [-0.25, -0.2) is 4.39 Å². The lowest BCUT2D eigenvalue weighted by Gasteiger charge is -2.16. The summed E-state index contributed by atoms with van der Waals surface area (Å²) >= 11 is 4.67. The van der Waals surface area contributed by atoms with Gasteiger partial charge >= 0.3 is 0 Å². The summed E-state index contributed by atoms with van der Waals surface area (Å²) in [5.41, 5.74) is 0.832. The van der Waals surface area contributed by atoms with Crippen LogP contribution >= 0.6 is 27.7 Å². The number of likely N-dealkylation sites (tertiary alicyclic amines) is 1. The van der Waals surface area contributed by atoms with Crippen molar-refractivity contribution in [3.63, 3.8) is 0 Å². The quantitative estimate of drug-likeness (QED) is 0.773. The van der Waals surface area contributed by atoms with E-state index < -0.39 is 0 Å². The summed E-state index contributed by atoms with van der Waals surface area (Å²) in [6, 6.07) is 5.82. The number of alkyl halides is 1. The van der Waals surface area contributed by atoms with Gasteiger partial charge in [0, 0.05) is 13.1 Å². The summed E-state index contributed by atoms with van der Waals surface area (Å²) in [6.45, 7) is 2.83. The second kappa shape index (κ2) is 7.23. The number of carbonyl (C=O) groups is 2. The van der Waals surface area contributed by atoms with E-state index in [4.69, 9.17) is 0 Å². The van der Waals surface area contributed by atoms with Crippen molar-refractivity contribution < 1.29 is 14.0 Å². The van der Waals surface area contributed by atoms with E-state index in [2.05, 4.69) is 26.2 Å². The zero-order chi connectivity index (χ0) is 17.3. The molecule has 1 aromatic rings. The highest BCUT2D eigenvalue weighted by atomic mass is 79.9. The third-order valence-electron chi connectivity index (χ3n) is 3.99. The van der Waals surface area contributed by atoms with Crippen LogP contribution in [0.4, 0.5) is 4.39 Å². The molecule has 1 aromatic carbocycles. The first-order chi connectivity index (χ1) is 11.5. The highest BCUT2D eigenvalue weighted by Crippen LogP contribution is 2.32. The minimum atomic E-state index is -0.359. The van der Waals surface area contributed by atoms with Gasteiger partial charge in [0.05, 0.1) is 10.9 Å². The molecule has 3 unspecified atom stereocenters. The van der Waals surface area contributed by atoms with Gasteiger partial charge < -0.3 is 5.32 Å². The van der Waals surface area contributed by atoms with Crippen LogP contribution in [0.15, 0.2) is 29.3 Å². The third kappa shape index (κ3) is 3.64. The van der Waals surface area contributed by atoms with Crippen molar-refractivity contribution in [2.24, 2.45) is 4.99 Å². The van der Waals surface area contributed by atoms with Crippen molar-refractivity contribution in [1.82, 2.24) is 10.2 Å². The van der Waals surface area contributed by atoms with E-state index in [0.717, 1.165) is 12.0 Å². The minimum Gasteiger partial charge on any atom is -0.351 e. The molecule has 0 spiro atoms. The molecule has 0 radical (unpaired) electrons. The van der Waals surface area contributed by atoms with Gasteiger partial charge in [-0.05, 0) is 31.0 Å². The molecule has 2 amide bonds. The zero-order valence-corrected chi connectivity index (χ0v) is 15.4. The predicted molar refractivity (Wildman–Crippen MR) is 95.6 cm³/mol. The van der Waals surface area contributed by atoms with Crippen LogP contribution in [0.3, 0.4) is 0 Å². The first-order valence-corrected chi connectivity index (χ1v) is 9.47. The monoisotopic (exact) mass is 413 g/mol. The van der Waals surface area contributed by atoms with Crippen molar-refractivity contribution in [2.45, 2.75) is 36.0 Å². The van der Waals surface area contributed by atoms with Gasteiger partial charge in [0.25, 0.3) is 0 Å². The van der Waals surface area contributed by atoms with Gasteiger partial charge in [0.15, 0.2) is 5.17 Å². The fourth-order valence-corrected chi connectivity index (χ4v) is 4.28. The number of aliphatic imine (C=N–C) groups is 1. The second-order valence-electron chi connectivity index (χ2n) is 5.78. The maximum Gasteiger partial charge on any atom is 0.242 e. The van der Waals surface area contributed by atoms with Crippen molar-refractivity contribution >= 4 is 44.7 Å². The van der Waals surface area contributed by atoms with Crippen LogP contribution in [-0.2, 0) is 16.1 Å². The molecular formula is C16H17BrFN3O2S. The standard InChI is InChI=1S/C16H17BrFN3O2S/c1-9-13(14(22)19-8-10-2-4-11(18)5-3-10)24-16(20-9)21-7-6-12(17)15(21)23/h2-5,9,12-13H,6-8H2,1H3,(H,19,22). The Morgan fingerprint density at radius 2 is 2.17 bits per heavy atom. The Morgan fingerprint density at radius 1 is 1.46 bits per heavy atom. The number of rotatable bonds is 3. The molecule has 0 bridgehead atoms. The number of benzene rings is 1. The molecule has 3 rings (SSSR count). The van der Waals surface area contributed by atoms with Crippen LogP contribution in [0, 0.1) is 5.82 Å². The Morgan fingerprint density at radius 3 is 2.79 bits per heavy atom. The van der Waals surface area contributed by atoms with Crippen molar-refractivity contribution in [2.75, 3.05) is 6.54 Å². The molecule has 8 heteroatoms. The lowest BCUT2D eigenvalue weighted by atomic mass is 10.2. The fraction of sp³-hybridized carbons (Fsp3) is 0.438. The van der Waals surface area contributed by atoms with Crippen LogP contribution in [0.25, 0.3) is 0 Å². The maximum absolute atomic E-state index is 12.9. The molecule has 24 heavy (non-hydrogen) atoms. The van der Waals surface area contributed by atoms with Crippen LogP contribution in [0.1, 0.15) is 18.9 Å². The van der Waals surface area contributed by atoms with E-state index in [1.54, 1.807) is 17.0 Å². The zero-order valence-electron chi connectivity index (χ0n) is 13.0. The molecule has 0 aliphatic carbocycles. The number of nitrogens with one attached hydrogen (secondary N) is 1. The summed E-state index contributed by atoms with van der Waals surface area (Å²) in [4.78, 5) is 30.4. The first-order valence-electron chi connectivity index (χ1n) is 7.68. The minimum absolute atomic E-state index is 0.000760. The molecule has 2 aliphatic rings. The Hall–Kier alpha value is -1.41. The number of carbonyl (C=O) groups excluding carboxylic acids is 2. The molecule has 0 aromatic heterocycles. The number of amides is 2. The Bertz CT molecular complexity index is 682. The SMILES string of the molecule is CC1N=C(N2CCC(Br)C2=O)SC1C(=O)NCc1ccc(F)cc1. The van der Waals surface area contributed by atoms with E-state index in [9.17, 15) is 14.0 Å². The lowest BCUT2D eigenvalue weighted by molar-refractivity contribution is -0.124. The molecule has 1 saturated heterocycles. The Labute approximate surface area is 152 Å². The third-order valence-corrected chi connectivity index (χ3v) is 6.24. The molecule has 0 saturated carbocycles.